The van der Waals surface area contributed by atoms with E-state index in [9.17, 15) is 0 Å². The number of alkyl halides is 1. The van der Waals surface area contributed by atoms with Crippen molar-refractivity contribution >= 4 is 15.9 Å². The second-order valence-electron chi connectivity index (χ2n) is 1.85. The minimum absolute atomic E-state index is 0.668. The highest BCUT2D eigenvalue weighted by atomic mass is 79.9. The molecule has 1 aliphatic carbocycles. The summed E-state index contributed by atoms with van der Waals surface area (Å²) in [7, 11) is 0. The summed E-state index contributed by atoms with van der Waals surface area (Å²) in [5.41, 5.74) is 0. The largest absolute Gasteiger partial charge is 0.0887 e. The summed E-state index contributed by atoms with van der Waals surface area (Å²) in [6.07, 6.45) is 8.41. The van der Waals surface area contributed by atoms with E-state index in [4.69, 9.17) is 0 Å². The first-order chi connectivity index (χ1) is 3.39. The zero-order chi connectivity index (χ0) is 5.11. The quantitative estimate of drug-likeness (QED) is 0.478. The lowest BCUT2D eigenvalue weighted by atomic mass is 10.0. The number of halogens is 1. The van der Waals surface area contributed by atoms with Crippen molar-refractivity contribution in [1.82, 2.24) is 0 Å². The number of rotatable bonds is 0. The van der Waals surface area contributed by atoms with Crippen LogP contribution in [0, 0.1) is 12.8 Å². The summed E-state index contributed by atoms with van der Waals surface area (Å²) >= 11 is 3.50. The van der Waals surface area contributed by atoms with Crippen molar-refractivity contribution in [3.05, 3.63) is 12.8 Å². The molecule has 2 radical (unpaired) electrons. The molecule has 0 saturated heterocycles. The Labute approximate surface area is 53.4 Å². The molecule has 1 aliphatic rings. The SMILES string of the molecule is BrC1[CH]CC[CH]C1. The van der Waals surface area contributed by atoms with E-state index in [1.807, 2.05) is 0 Å². The average Bonchev–Trinajstić information content (AvgIpc) is 1.69. The molecule has 0 aromatic heterocycles. The highest BCUT2D eigenvalue weighted by Crippen LogP contribution is 2.21. The van der Waals surface area contributed by atoms with Crippen molar-refractivity contribution in [3.63, 3.8) is 0 Å². The first kappa shape index (κ1) is 5.61. The molecule has 1 heteroatoms. The summed E-state index contributed by atoms with van der Waals surface area (Å²) in [6.45, 7) is 0. The lowest BCUT2D eigenvalue weighted by Crippen LogP contribution is -2.04. The Kier molecular flexibility index (Phi) is 2.17. The minimum atomic E-state index is 0.668. The molecular formula is C6H9Br. The Morgan fingerprint density at radius 3 is 2.57 bits per heavy atom. The third-order valence-corrected chi connectivity index (χ3v) is 1.93. The van der Waals surface area contributed by atoms with Gasteiger partial charge in [0.05, 0.1) is 0 Å². The van der Waals surface area contributed by atoms with Crippen LogP contribution in [-0.2, 0) is 0 Å². The van der Waals surface area contributed by atoms with E-state index in [0.717, 1.165) is 0 Å². The molecule has 40 valence electrons. The molecule has 1 unspecified atom stereocenters. The van der Waals surface area contributed by atoms with Crippen molar-refractivity contribution < 1.29 is 0 Å². The van der Waals surface area contributed by atoms with Crippen molar-refractivity contribution in [3.8, 4) is 0 Å². The van der Waals surface area contributed by atoms with Gasteiger partial charge >= 0.3 is 0 Å². The first-order valence-electron chi connectivity index (χ1n) is 2.68. The molecule has 0 aromatic carbocycles. The zero-order valence-corrected chi connectivity index (χ0v) is 5.82. The van der Waals surface area contributed by atoms with E-state index in [1.165, 1.54) is 19.3 Å². The Bertz CT molecular complexity index is 46.1. The molecular weight excluding hydrogens is 152 g/mol. The van der Waals surface area contributed by atoms with Gasteiger partial charge in [0.2, 0.25) is 0 Å². The van der Waals surface area contributed by atoms with Crippen molar-refractivity contribution in [2.75, 3.05) is 0 Å². The van der Waals surface area contributed by atoms with Gasteiger partial charge in [-0.15, -0.1) is 0 Å². The zero-order valence-electron chi connectivity index (χ0n) is 4.23. The van der Waals surface area contributed by atoms with Gasteiger partial charge in [0.1, 0.15) is 0 Å². The maximum Gasteiger partial charge on any atom is 0.0179 e. The van der Waals surface area contributed by atoms with Crippen LogP contribution in [0.5, 0.6) is 0 Å². The van der Waals surface area contributed by atoms with Crippen molar-refractivity contribution in [2.24, 2.45) is 0 Å². The third kappa shape index (κ3) is 1.81. The van der Waals surface area contributed by atoms with Gasteiger partial charge in [-0.1, -0.05) is 15.9 Å². The molecule has 0 bridgehead atoms. The van der Waals surface area contributed by atoms with Crippen LogP contribution in [0.25, 0.3) is 0 Å². The first-order valence-corrected chi connectivity index (χ1v) is 3.60. The van der Waals surface area contributed by atoms with E-state index in [2.05, 4.69) is 28.8 Å². The lowest BCUT2D eigenvalue weighted by Gasteiger charge is -2.13. The van der Waals surface area contributed by atoms with Crippen LogP contribution in [0.15, 0.2) is 0 Å². The molecule has 7 heavy (non-hydrogen) atoms. The normalized spacial score (nSPS) is 25.3. The number of hydrogen-bond donors (Lipinski definition) is 0. The maximum absolute atomic E-state index is 3.50. The molecule has 0 nitrogen and oxygen atoms in total. The second-order valence-corrected chi connectivity index (χ2v) is 3.03. The molecule has 1 atom stereocenters. The van der Waals surface area contributed by atoms with E-state index in [-0.39, 0.29) is 0 Å². The highest BCUT2D eigenvalue weighted by molar-refractivity contribution is 9.09. The molecule has 1 saturated carbocycles. The Morgan fingerprint density at radius 2 is 2.29 bits per heavy atom. The molecule has 0 aromatic rings. The van der Waals surface area contributed by atoms with Gasteiger partial charge in [0.25, 0.3) is 0 Å². The average molecular weight is 161 g/mol. The summed E-state index contributed by atoms with van der Waals surface area (Å²) in [5, 5.41) is 0. The summed E-state index contributed by atoms with van der Waals surface area (Å²) in [6, 6.07) is 0. The van der Waals surface area contributed by atoms with Gasteiger partial charge in [-0.3, -0.25) is 0 Å². The fourth-order valence-corrected chi connectivity index (χ4v) is 1.30. The van der Waals surface area contributed by atoms with Crippen LogP contribution in [-0.4, -0.2) is 4.83 Å². The number of hydrogen-bond acceptors (Lipinski definition) is 0. The van der Waals surface area contributed by atoms with E-state index < -0.39 is 0 Å². The van der Waals surface area contributed by atoms with Crippen molar-refractivity contribution in [1.29, 1.82) is 0 Å². The van der Waals surface area contributed by atoms with E-state index in [1.54, 1.807) is 0 Å². The van der Waals surface area contributed by atoms with E-state index >= 15 is 0 Å². The van der Waals surface area contributed by atoms with Crippen LogP contribution in [0.1, 0.15) is 19.3 Å². The second kappa shape index (κ2) is 2.71. The monoisotopic (exact) mass is 160 g/mol. The summed E-state index contributed by atoms with van der Waals surface area (Å²) in [5.74, 6) is 0. The van der Waals surface area contributed by atoms with Gasteiger partial charge in [-0.05, 0) is 32.1 Å². The van der Waals surface area contributed by atoms with E-state index in [0.29, 0.717) is 4.83 Å². The highest BCUT2D eigenvalue weighted by Gasteiger charge is 2.08. The predicted molar refractivity (Wildman–Crippen MR) is 35.2 cm³/mol. The maximum atomic E-state index is 3.50. The third-order valence-electron chi connectivity index (χ3n) is 1.19. The Hall–Kier alpha value is 0.480. The fourth-order valence-electron chi connectivity index (χ4n) is 0.768. The molecule has 0 aliphatic heterocycles. The van der Waals surface area contributed by atoms with Gasteiger partial charge < -0.3 is 0 Å². The molecule has 1 fully saturated rings. The molecule has 0 heterocycles. The summed E-state index contributed by atoms with van der Waals surface area (Å²) < 4.78 is 0. The predicted octanol–water partition coefficient (Wildman–Crippen LogP) is 2.34. The smallest absolute Gasteiger partial charge is 0.0179 e. The van der Waals surface area contributed by atoms with Gasteiger partial charge in [-0.25, -0.2) is 0 Å². The fraction of sp³-hybridized carbons (Fsp3) is 0.667. The molecule has 0 N–H and O–H groups in total. The summed E-state index contributed by atoms with van der Waals surface area (Å²) in [4.78, 5) is 0.668. The van der Waals surface area contributed by atoms with Crippen LogP contribution in [0.4, 0.5) is 0 Å². The molecule has 0 amide bonds. The van der Waals surface area contributed by atoms with Crippen molar-refractivity contribution in [2.45, 2.75) is 24.1 Å². The van der Waals surface area contributed by atoms with Gasteiger partial charge in [0, 0.05) is 4.83 Å². The van der Waals surface area contributed by atoms with Crippen LogP contribution < -0.4 is 0 Å². The van der Waals surface area contributed by atoms with Gasteiger partial charge in [0.15, 0.2) is 0 Å². The minimum Gasteiger partial charge on any atom is -0.0887 e. The Morgan fingerprint density at radius 1 is 1.43 bits per heavy atom. The van der Waals surface area contributed by atoms with Crippen LogP contribution in [0.3, 0.4) is 0 Å². The Balaban J connectivity index is 2.12. The van der Waals surface area contributed by atoms with Gasteiger partial charge in [-0.2, -0.15) is 0 Å². The molecule has 0 spiro atoms. The van der Waals surface area contributed by atoms with Crippen LogP contribution >= 0.6 is 15.9 Å². The van der Waals surface area contributed by atoms with Crippen LogP contribution in [0.2, 0.25) is 0 Å². The topological polar surface area (TPSA) is 0 Å². The standard InChI is InChI=1S/C6H9Br/c7-6-4-2-1-3-5-6/h2,5-6H,1,3-4H2. The molecule has 1 rings (SSSR count). The lowest BCUT2D eigenvalue weighted by molar-refractivity contribution is 0.733.